The summed E-state index contributed by atoms with van der Waals surface area (Å²) < 4.78 is 5.09. The number of carbonyl (C=O) groups excluding carboxylic acids is 3. The Morgan fingerprint density at radius 1 is 1.20 bits per heavy atom. The zero-order valence-electron chi connectivity index (χ0n) is 11.1. The summed E-state index contributed by atoms with van der Waals surface area (Å²) in [5.41, 5.74) is 0.481. The lowest BCUT2D eigenvalue weighted by Gasteiger charge is -2.20. The number of carbonyl (C=O) groups is 3. The predicted octanol–water partition coefficient (Wildman–Crippen LogP) is 1.47. The van der Waals surface area contributed by atoms with Crippen LogP contribution in [0.15, 0.2) is 30.3 Å². The average Bonchev–Trinajstić information content (AvgIpc) is 2.48. The van der Waals surface area contributed by atoms with Crippen molar-refractivity contribution in [1.29, 1.82) is 0 Å². The Hall–Kier alpha value is -2.17. The number of esters is 1. The Labute approximate surface area is 117 Å². The zero-order valence-corrected chi connectivity index (χ0v) is 11.1. The van der Waals surface area contributed by atoms with E-state index >= 15 is 0 Å². The lowest BCUT2D eigenvalue weighted by Crippen LogP contribution is -2.36. The first-order chi connectivity index (χ1) is 9.66. The molecule has 1 aromatic carbocycles. The molecule has 1 aliphatic rings. The highest BCUT2D eigenvalue weighted by Gasteiger charge is 2.25. The first-order valence-electron chi connectivity index (χ1n) is 6.72. The number of ketones is 1. The SMILES string of the molecule is O=C(CNC(=O)c1ccccc1)O[C@H]1CCCCC1=O. The van der Waals surface area contributed by atoms with Gasteiger partial charge in [0.25, 0.3) is 5.91 Å². The summed E-state index contributed by atoms with van der Waals surface area (Å²) in [6, 6.07) is 8.61. The van der Waals surface area contributed by atoms with Crippen molar-refractivity contribution in [3.63, 3.8) is 0 Å². The first kappa shape index (κ1) is 14.2. The van der Waals surface area contributed by atoms with Crippen LogP contribution >= 0.6 is 0 Å². The third-order valence-electron chi connectivity index (χ3n) is 3.20. The van der Waals surface area contributed by atoms with Crippen LogP contribution in [-0.2, 0) is 14.3 Å². The minimum Gasteiger partial charge on any atom is -0.453 e. The van der Waals surface area contributed by atoms with Crippen LogP contribution < -0.4 is 5.32 Å². The van der Waals surface area contributed by atoms with E-state index in [0.29, 0.717) is 18.4 Å². The number of benzene rings is 1. The summed E-state index contributed by atoms with van der Waals surface area (Å²) >= 11 is 0. The molecule has 1 N–H and O–H groups in total. The fourth-order valence-electron chi connectivity index (χ4n) is 2.12. The van der Waals surface area contributed by atoms with Gasteiger partial charge in [-0.3, -0.25) is 14.4 Å². The van der Waals surface area contributed by atoms with Crippen molar-refractivity contribution in [3.05, 3.63) is 35.9 Å². The maximum atomic E-state index is 11.7. The van der Waals surface area contributed by atoms with Gasteiger partial charge < -0.3 is 10.1 Å². The number of hydrogen-bond donors (Lipinski definition) is 1. The molecular weight excluding hydrogens is 258 g/mol. The van der Waals surface area contributed by atoms with Gasteiger partial charge in [-0.2, -0.15) is 0 Å². The highest BCUT2D eigenvalue weighted by Crippen LogP contribution is 2.17. The quantitative estimate of drug-likeness (QED) is 0.845. The van der Waals surface area contributed by atoms with Gasteiger partial charge in [-0.15, -0.1) is 0 Å². The van der Waals surface area contributed by atoms with E-state index in [1.807, 2.05) is 0 Å². The molecule has 1 amide bonds. The summed E-state index contributed by atoms with van der Waals surface area (Å²) in [5.74, 6) is -0.939. The standard InChI is InChI=1S/C15H17NO4/c17-12-8-4-5-9-13(12)20-14(18)10-16-15(19)11-6-2-1-3-7-11/h1-3,6-7,13H,4-5,8-10H2,(H,16,19)/t13-/m0/s1. The van der Waals surface area contributed by atoms with Gasteiger partial charge in [-0.1, -0.05) is 18.2 Å². The molecule has 0 bridgehead atoms. The summed E-state index contributed by atoms with van der Waals surface area (Å²) in [5, 5.41) is 2.48. The first-order valence-corrected chi connectivity index (χ1v) is 6.72. The molecule has 1 atom stereocenters. The minimum absolute atomic E-state index is 0.0287. The van der Waals surface area contributed by atoms with Crippen LogP contribution in [0.5, 0.6) is 0 Å². The van der Waals surface area contributed by atoms with Gasteiger partial charge in [0.15, 0.2) is 11.9 Å². The van der Waals surface area contributed by atoms with Crippen LogP contribution in [0.3, 0.4) is 0 Å². The molecule has 0 heterocycles. The van der Waals surface area contributed by atoms with Gasteiger partial charge in [0.1, 0.15) is 6.54 Å². The van der Waals surface area contributed by atoms with E-state index in [0.717, 1.165) is 12.8 Å². The molecule has 0 radical (unpaired) electrons. The largest absolute Gasteiger partial charge is 0.453 e. The van der Waals surface area contributed by atoms with Crippen molar-refractivity contribution in [2.45, 2.75) is 31.8 Å². The fraction of sp³-hybridized carbons (Fsp3) is 0.400. The highest BCUT2D eigenvalue weighted by atomic mass is 16.5. The van der Waals surface area contributed by atoms with Crippen LogP contribution in [-0.4, -0.2) is 30.3 Å². The second kappa shape index (κ2) is 6.84. The van der Waals surface area contributed by atoms with E-state index in [1.54, 1.807) is 30.3 Å². The second-order valence-electron chi connectivity index (χ2n) is 4.74. The van der Waals surface area contributed by atoms with E-state index in [-0.39, 0.29) is 18.2 Å². The van der Waals surface area contributed by atoms with E-state index in [4.69, 9.17) is 4.74 Å². The number of rotatable bonds is 4. The summed E-state index contributed by atoms with van der Waals surface area (Å²) in [4.78, 5) is 34.8. The van der Waals surface area contributed by atoms with Gasteiger partial charge in [0.2, 0.25) is 0 Å². The molecule has 2 rings (SSSR count). The molecule has 106 valence electrons. The molecule has 1 fully saturated rings. The van der Waals surface area contributed by atoms with Crippen molar-refractivity contribution in [1.82, 2.24) is 5.32 Å². The van der Waals surface area contributed by atoms with E-state index < -0.39 is 12.1 Å². The summed E-state index contributed by atoms with van der Waals surface area (Å²) in [6.45, 7) is -0.225. The third-order valence-corrected chi connectivity index (χ3v) is 3.20. The Morgan fingerprint density at radius 2 is 1.95 bits per heavy atom. The molecule has 0 saturated heterocycles. The lowest BCUT2D eigenvalue weighted by molar-refractivity contribution is -0.155. The van der Waals surface area contributed by atoms with Crippen LogP contribution in [0, 0.1) is 0 Å². The molecule has 20 heavy (non-hydrogen) atoms. The van der Waals surface area contributed by atoms with Crippen molar-refractivity contribution < 1.29 is 19.1 Å². The number of ether oxygens (including phenoxy) is 1. The van der Waals surface area contributed by atoms with Gasteiger partial charge in [0.05, 0.1) is 0 Å². The van der Waals surface area contributed by atoms with E-state index in [2.05, 4.69) is 5.32 Å². The maximum Gasteiger partial charge on any atom is 0.326 e. The van der Waals surface area contributed by atoms with Crippen LogP contribution in [0.25, 0.3) is 0 Å². The average molecular weight is 275 g/mol. The topological polar surface area (TPSA) is 72.5 Å². The monoisotopic (exact) mass is 275 g/mol. The van der Waals surface area contributed by atoms with Crippen molar-refractivity contribution in [2.24, 2.45) is 0 Å². The number of nitrogens with one attached hydrogen (secondary N) is 1. The Balaban J connectivity index is 1.77. The Morgan fingerprint density at radius 3 is 2.65 bits per heavy atom. The normalized spacial score (nSPS) is 18.4. The molecule has 5 nitrogen and oxygen atoms in total. The molecule has 0 unspecified atom stereocenters. The smallest absolute Gasteiger partial charge is 0.326 e. The van der Waals surface area contributed by atoms with Crippen LogP contribution in [0.2, 0.25) is 0 Å². The fourth-order valence-corrected chi connectivity index (χ4v) is 2.12. The molecule has 1 saturated carbocycles. The van der Waals surface area contributed by atoms with E-state index in [9.17, 15) is 14.4 Å². The van der Waals surface area contributed by atoms with Crippen molar-refractivity contribution in [3.8, 4) is 0 Å². The van der Waals surface area contributed by atoms with Crippen molar-refractivity contribution in [2.75, 3.05) is 6.54 Å². The molecular formula is C15H17NO4. The van der Waals surface area contributed by atoms with Gasteiger partial charge in [-0.25, -0.2) is 0 Å². The second-order valence-corrected chi connectivity index (χ2v) is 4.74. The van der Waals surface area contributed by atoms with E-state index in [1.165, 1.54) is 0 Å². The van der Waals surface area contributed by atoms with Gasteiger partial charge in [0, 0.05) is 12.0 Å². The van der Waals surface area contributed by atoms with Gasteiger partial charge >= 0.3 is 5.97 Å². The maximum absolute atomic E-state index is 11.7. The van der Waals surface area contributed by atoms with Crippen LogP contribution in [0.1, 0.15) is 36.0 Å². The number of Topliss-reactive ketones (excluding diaryl/α,β-unsaturated/α-hetero) is 1. The zero-order chi connectivity index (χ0) is 14.4. The Bertz CT molecular complexity index is 498. The highest BCUT2D eigenvalue weighted by molar-refractivity contribution is 5.96. The molecule has 0 spiro atoms. The number of amides is 1. The lowest BCUT2D eigenvalue weighted by atomic mass is 9.96. The predicted molar refractivity (Wildman–Crippen MR) is 72.1 cm³/mol. The summed E-state index contributed by atoms with van der Waals surface area (Å²) in [6.07, 6.45) is 2.16. The molecule has 0 aromatic heterocycles. The molecule has 1 aromatic rings. The third kappa shape index (κ3) is 3.91. The minimum atomic E-state index is -0.634. The van der Waals surface area contributed by atoms with Gasteiger partial charge in [-0.05, 0) is 31.4 Å². The number of hydrogen-bond acceptors (Lipinski definition) is 4. The van der Waals surface area contributed by atoms with Crippen LogP contribution in [0.4, 0.5) is 0 Å². The molecule has 0 aliphatic heterocycles. The molecule has 1 aliphatic carbocycles. The molecule has 5 heteroatoms. The van der Waals surface area contributed by atoms with Crippen molar-refractivity contribution >= 4 is 17.7 Å². The Kier molecular flexibility index (Phi) is 4.87. The summed E-state index contributed by atoms with van der Waals surface area (Å²) in [7, 11) is 0.